The number of aliphatic hydroxyl groups is 1. The van der Waals surface area contributed by atoms with E-state index in [1.54, 1.807) is 0 Å². The maximum atomic E-state index is 13.3. The van der Waals surface area contributed by atoms with E-state index in [9.17, 15) is 62.6 Å². The van der Waals surface area contributed by atoms with Crippen LogP contribution >= 0.6 is 0 Å². The molecule has 60 heavy (non-hydrogen) atoms. The molecule has 0 heterocycles. The molecule has 0 saturated heterocycles. The number of amides is 10. The number of carboxylic acid groups (broad SMARTS) is 2. The molecule has 0 bridgehead atoms. The lowest BCUT2D eigenvalue weighted by Gasteiger charge is -2.25. The van der Waals surface area contributed by atoms with Crippen LogP contribution in [0.2, 0.25) is 0 Å². The fourth-order valence-corrected chi connectivity index (χ4v) is 4.73. The van der Waals surface area contributed by atoms with Crippen LogP contribution in [0.4, 0.5) is 0 Å². The van der Waals surface area contributed by atoms with Crippen molar-refractivity contribution in [3.8, 4) is 0 Å². The minimum absolute atomic E-state index is 0.00311. The first-order valence-electron chi connectivity index (χ1n) is 18.5. The molecule has 0 saturated carbocycles. The highest BCUT2D eigenvalue weighted by atomic mass is 16.4. The highest BCUT2D eigenvalue weighted by molar-refractivity contribution is 5.97. The molecule has 0 aliphatic heterocycles. The highest BCUT2D eigenvalue weighted by Gasteiger charge is 2.31. The van der Waals surface area contributed by atoms with Crippen LogP contribution in [0.3, 0.4) is 0 Å². The predicted molar refractivity (Wildman–Crippen MR) is 204 cm³/mol. The van der Waals surface area contributed by atoms with E-state index >= 15 is 0 Å². The number of primary amides is 2. The second-order valence-electron chi connectivity index (χ2n) is 13.3. The molecule has 7 atom stereocenters. The Morgan fingerprint density at radius 2 is 1.02 bits per heavy atom. The zero-order chi connectivity index (χ0) is 46.1. The first-order valence-corrected chi connectivity index (χ1v) is 18.5. The molecule has 0 aromatic rings. The predicted octanol–water partition coefficient (Wildman–Crippen LogP) is -8.29. The van der Waals surface area contributed by atoms with Crippen LogP contribution in [0.25, 0.3) is 0 Å². The Bertz CT molecular complexity index is 1580. The normalized spacial score (nSPS) is 14.2. The van der Waals surface area contributed by atoms with Crippen molar-refractivity contribution in [2.45, 2.75) is 108 Å². The summed E-state index contributed by atoms with van der Waals surface area (Å²) in [5.74, 6) is -12.4. The maximum Gasteiger partial charge on any atom is 0.326 e. The third kappa shape index (κ3) is 22.5. The molecule has 0 aliphatic carbocycles. The van der Waals surface area contributed by atoms with Crippen LogP contribution in [0.5, 0.6) is 0 Å². The zero-order valence-electron chi connectivity index (χ0n) is 33.1. The topological polar surface area (TPSA) is 466 Å². The zero-order valence-corrected chi connectivity index (χ0v) is 33.1. The van der Waals surface area contributed by atoms with Gasteiger partial charge in [-0.25, -0.2) is 4.79 Å². The smallest absolute Gasteiger partial charge is 0.326 e. The highest BCUT2D eigenvalue weighted by Crippen LogP contribution is 2.05. The average Bonchev–Trinajstić information content (AvgIpc) is 3.17. The van der Waals surface area contributed by atoms with E-state index in [4.69, 9.17) is 33.1 Å². The van der Waals surface area contributed by atoms with Gasteiger partial charge in [-0.15, -0.1) is 0 Å². The van der Waals surface area contributed by atoms with Gasteiger partial charge in [-0.2, -0.15) is 0 Å². The van der Waals surface area contributed by atoms with Crippen molar-refractivity contribution in [2.75, 3.05) is 26.2 Å². The summed E-state index contributed by atoms with van der Waals surface area (Å²) in [4.78, 5) is 146. The Morgan fingerprint density at radius 3 is 1.55 bits per heavy atom. The second-order valence-corrected chi connectivity index (χ2v) is 13.3. The molecule has 338 valence electrons. The molecule has 0 rings (SSSR count). The van der Waals surface area contributed by atoms with Crippen molar-refractivity contribution in [3.63, 3.8) is 0 Å². The van der Waals surface area contributed by atoms with Crippen LogP contribution < -0.4 is 65.5 Å². The van der Waals surface area contributed by atoms with Gasteiger partial charge in [0.1, 0.15) is 36.3 Å². The van der Waals surface area contributed by atoms with E-state index in [0.717, 1.165) is 6.92 Å². The van der Waals surface area contributed by atoms with Gasteiger partial charge in [-0.3, -0.25) is 52.7 Å². The van der Waals surface area contributed by atoms with Crippen molar-refractivity contribution in [1.82, 2.24) is 42.5 Å². The molecule has 10 amide bonds. The first-order chi connectivity index (χ1) is 28.0. The van der Waals surface area contributed by atoms with Gasteiger partial charge < -0.3 is 80.8 Å². The monoisotopic (exact) mass is 860 g/mol. The number of nitrogens with one attached hydrogen (secondary N) is 8. The number of rotatable bonds is 30. The summed E-state index contributed by atoms with van der Waals surface area (Å²) in [5.41, 5.74) is 21.5. The lowest BCUT2D eigenvalue weighted by atomic mass is 10.1. The van der Waals surface area contributed by atoms with Crippen LogP contribution in [-0.4, -0.2) is 155 Å². The molecule has 0 aliphatic rings. The number of unbranched alkanes of at least 4 members (excludes halogenated alkanes) is 1. The van der Waals surface area contributed by atoms with Gasteiger partial charge in [0.25, 0.3) is 0 Å². The van der Waals surface area contributed by atoms with Crippen LogP contribution in [0.1, 0.15) is 65.2 Å². The van der Waals surface area contributed by atoms with Gasteiger partial charge in [0, 0.05) is 12.8 Å². The van der Waals surface area contributed by atoms with E-state index in [1.165, 1.54) is 6.92 Å². The second kappa shape index (κ2) is 28.0. The number of carbonyl (C=O) groups excluding carboxylic acids is 10. The van der Waals surface area contributed by atoms with Gasteiger partial charge in [-0.1, -0.05) is 0 Å². The molecule has 0 aromatic heterocycles. The summed E-state index contributed by atoms with van der Waals surface area (Å²) in [6.45, 7) is 0.142. The van der Waals surface area contributed by atoms with E-state index in [2.05, 4.69) is 37.2 Å². The number of aliphatic carboxylic acids is 2. The minimum atomic E-state index is -1.78. The van der Waals surface area contributed by atoms with Crippen molar-refractivity contribution in [3.05, 3.63) is 0 Å². The van der Waals surface area contributed by atoms with Crippen molar-refractivity contribution in [2.24, 2.45) is 22.9 Å². The first kappa shape index (κ1) is 53.5. The van der Waals surface area contributed by atoms with Crippen LogP contribution in [0, 0.1) is 0 Å². The van der Waals surface area contributed by atoms with E-state index < -0.39 is 152 Å². The Balaban J connectivity index is 5.49. The summed E-state index contributed by atoms with van der Waals surface area (Å²) >= 11 is 0. The van der Waals surface area contributed by atoms with Crippen molar-refractivity contribution >= 4 is 71.0 Å². The van der Waals surface area contributed by atoms with Crippen LogP contribution in [-0.2, 0) is 57.5 Å². The van der Waals surface area contributed by atoms with Gasteiger partial charge in [-0.05, 0) is 52.5 Å². The third-order valence-electron chi connectivity index (χ3n) is 8.13. The molecule has 19 N–H and O–H groups in total. The molecular formula is C33H56N12O15. The maximum absolute atomic E-state index is 13.3. The van der Waals surface area contributed by atoms with Crippen molar-refractivity contribution in [1.29, 1.82) is 0 Å². The molecule has 0 spiro atoms. The summed E-state index contributed by atoms with van der Waals surface area (Å²) in [6.07, 6.45) is -1.31. The van der Waals surface area contributed by atoms with E-state index in [-0.39, 0.29) is 25.8 Å². The number of carbonyl (C=O) groups is 12. The third-order valence-corrected chi connectivity index (χ3v) is 8.13. The standard InChI is InChI=1S/C33H56N12O15/c1-15(27(53)44-20(33(59)60)11-26(51)52)40-25(50)13-38-24(49)12-39-30(56)19(7-9-23(37)48)43-32(58)21(14-46)45-31(57)18(5-3-4-10-34)42-28(54)16(2)41-29(55)17(35)6-8-22(36)47/h15-21,46H,3-14,34-35H2,1-2H3,(H2,36,47)(H2,37,48)(H,38,49)(H,39,56)(H,40,50)(H,41,55)(H,42,54)(H,43,58)(H,44,53)(H,45,57)(H,51,52)(H,59,60)/t15-,16-,17-,18-,19-,20-,21-/m0/s1. The largest absolute Gasteiger partial charge is 0.481 e. The molecule has 27 heteroatoms. The van der Waals surface area contributed by atoms with E-state index in [0.29, 0.717) is 12.8 Å². The Labute approximate surface area is 342 Å². The average molecular weight is 861 g/mol. The fourth-order valence-electron chi connectivity index (χ4n) is 4.73. The summed E-state index contributed by atoms with van der Waals surface area (Å²) in [7, 11) is 0. The molecule has 0 aromatic carbocycles. The molecule has 0 radical (unpaired) electrons. The Morgan fingerprint density at radius 1 is 0.533 bits per heavy atom. The number of hydrogen-bond acceptors (Lipinski definition) is 15. The number of hydrogen-bond donors (Lipinski definition) is 15. The summed E-state index contributed by atoms with van der Waals surface area (Å²) in [6, 6.07) is -10.1. The Hall–Kier alpha value is -6.48. The van der Waals surface area contributed by atoms with Crippen molar-refractivity contribution < 1.29 is 72.9 Å². The SMILES string of the molecule is C[C@H](NC(=O)CNC(=O)CNC(=O)[C@H](CCC(N)=O)NC(=O)[C@H](CO)NC(=O)[C@H](CCCCN)NC(=O)[C@H](C)NC(=O)[C@@H](N)CCC(N)=O)C(=O)N[C@@H](CC(=O)O)C(=O)O. The van der Waals surface area contributed by atoms with Gasteiger partial charge in [0.15, 0.2) is 0 Å². The number of nitrogens with two attached hydrogens (primary N) is 4. The molecule has 0 unspecified atom stereocenters. The van der Waals surface area contributed by atoms with Gasteiger partial charge in [0.2, 0.25) is 59.1 Å². The summed E-state index contributed by atoms with van der Waals surface area (Å²) in [5, 5.41) is 45.5. The fraction of sp³-hybridized carbons (Fsp3) is 0.636. The number of carboxylic acids is 2. The lowest BCUT2D eigenvalue weighted by molar-refractivity contribution is -0.147. The number of aliphatic hydroxyl groups excluding tert-OH is 1. The summed E-state index contributed by atoms with van der Waals surface area (Å²) < 4.78 is 0. The minimum Gasteiger partial charge on any atom is -0.481 e. The van der Waals surface area contributed by atoms with E-state index in [1.807, 2.05) is 5.32 Å². The van der Waals surface area contributed by atoms with Crippen LogP contribution in [0.15, 0.2) is 0 Å². The van der Waals surface area contributed by atoms with Gasteiger partial charge in [0.05, 0.1) is 32.2 Å². The Kier molecular flexibility index (Phi) is 25.0. The molecular weight excluding hydrogens is 804 g/mol. The lowest BCUT2D eigenvalue weighted by Crippen LogP contribution is -2.59. The molecule has 0 fully saturated rings. The quantitative estimate of drug-likeness (QED) is 0.0298. The van der Waals surface area contributed by atoms with Gasteiger partial charge >= 0.3 is 11.9 Å². The molecule has 27 nitrogen and oxygen atoms in total.